The summed E-state index contributed by atoms with van der Waals surface area (Å²) in [6.07, 6.45) is 13.0. The summed E-state index contributed by atoms with van der Waals surface area (Å²) < 4.78 is 12.9. The van der Waals surface area contributed by atoms with Crippen LogP contribution in [0.2, 0.25) is 5.82 Å². The fourth-order valence-corrected chi connectivity index (χ4v) is 9.85. The summed E-state index contributed by atoms with van der Waals surface area (Å²) in [7, 11) is 1.82. The third kappa shape index (κ3) is 19.2. The minimum atomic E-state index is -1.04. The molecule has 0 saturated heterocycles. The van der Waals surface area contributed by atoms with Crippen molar-refractivity contribution >= 4 is 94.7 Å². The van der Waals surface area contributed by atoms with Crippen molar-refractivity contribution in [1.82, 2.24) is 0 Å². The molecule has 0 aliphatic heterocycles. The van der Waals surface area contributed by atoms with Gasteiger partial charge in [-0.1, -0.05) is 125 Å². The summed E-state index contributed by atoms with van der Waals surface area (Å²) >= 11 is 13.3. The fraction of sp³-hybridized carbons (Fsp3) is 0.429. The van der Waals surface area contributed by atoms with E-state index in [-0.39, 0.29) is 72.1 Å². The number of halogens is 4. The first kappa shape index (κ1) is 57.9. The number of carbonyl (C=O) groups is 4. The zero-order valence-corrected chi connectivity index (χ0v) is 45.8. The van der Waals surface area contributed by atoms with E-state index in [0.29, 0.717) is 30.1 Å². The number of aliphatic carboxylic acids is 2. The van der Waals surface area contributed by atoms with Crippen LogP contribution in [0, 0.1) is 0 Å². The largest absolute Gasteiger partial charge is 1.00 e. The van der Waals surface area contributed by atoms with Crippen LogP contribution in [0.1, 0.15) is 132 Å². The summed E-state index contributed by atoms with van der Waals surface area (Å²) in [4.78, 5) is 44.0. The van der Waals surface area contributed by atoms with Gasteiger partial charge in [0.05, 0.1) is 39.9 Å². The van der Waals surface area contributed by atoms with Gasteiger partial charge in [-0.05, 0) is 150 Å². The number of hydrogen-bond acceptors (Lipinski definition) is 9. The second kappa shape index (κ2) is 28.3. The average Bonchev–Trinajstić information content (AvgIpc) is 4.06. The van der Waals surface area contributed by atoms with Crippen LogP contribution in [-0.2, 0) is 54.3 Å². The van der Waals surface area contributed by atoms with E-state index < -0.39 is 19.1 Å². The molecule has 5 fully saturated rings. The SMILES string of the molecule is COC(=O)Cc1c(Br)cccc1Br.COC(=O)Cc1c(C2CC2)cccc1C1CC1.O=C(O)Cc1c(Br)cccc1Br.O=C(O)Cc1c(C2CC2)cccc1C1CC1.OB(O)C1CC1.[Na+].[OH-]. The summed E-state index contributed by atoms with van der Waals surface area (Å²) in [5.74, 6) is 1.03. The standard InChI is InChI=1S/C15H18O2.C14H16O2.C9H8Br2O2.C8H6Br2O2.C3H7BO2.Na.H2O/c1-17-15(16)9-14-12(10-5-6-10)3-2-4-13(14)11-7-8-11;15-14(16)8-13-11(9-4-5-9)2-1-3-12(13)10-6-7-10;1-13-9(12)5-6-7(10)3-2-4-8(6)11;9-6-2-1-3-7(10)5(6)4-8(11)12;5-4(6)3-1-2-3;;/h2-4,10-11H,5-9H2,1H3;1-3,9-10H,4-8H2,(H,15,16);2-4H,5H2,1H3;1-3H,4H2,(H,11,12);3,5-6H,1-2H2;;1H2/q;;;;;+1;/p-1. The van der Waals surface area contributed by atoms with Crippen molar-refractivity contribution in [3.8, 4) is 0 Å². The zero-order valence-electron chi connectivity index (χ0n) is 37.5. The smallest absolute Gasteiger partial charge is 0.870 e. The molecular weight excluding hydrogens is 1120 g/mol. The molecule has 0 spiro atoms. The van der Waals surface area contributed by atoms with Crippen molar-refractivity contribution in [2.45, 2.75) is 119 Å². The van der Waals surface area contributed by atoms with Gasteiger partial charge in [-0.3, -0.25) is 19.2 Å². The van der Waals surface area contributed by atoms with E-state index in [1.165, 1.54) is 93.4 Å². The maximum atomic E-state index is 11.5. The van der Waals surface area contributed by atoms with Gasteiger partial charge >= 0.3 is 60.6 Å². The van der Waals surface area contributed by atoms with Crippen LogP contribution >= 0.6 is 63.7 Å². The minimum Gasteiger partial charge on any atom is -0.870 e. The second-order valence-electron chi connectivity index (χ2n) is 16.7. The van der Waals surface area contributed by atoms with Crippen LogP contribution < -0.4 is 29.6 Å². The Morgan fingerprint density at radius 3 is 0.985 bits per heavy atom. The predicted octanol–water partition coefficient (Wildman–Crippen LogP) is 8.44. The normalized spacial score (nSPS) is 15.3. The van der Waals surface area contributed by atoms with Crippen molar-refractivity contribution in [1.29, 1.82) is 0 Å². The molecule has 4 aromatic rings. The van der Waals surface area contributed by atoms with Gasteiger partial charge in [-0.15, -0.1) is 0 Å². The van der Waals surface area contributed by atoms with E-state index in [9.17, 15) is 19.2 Å². The third-order valence-electron chi connectivity index (χ3n) is 11.5. The van der Waals surface area contributed by atoms with E-state index in [4.69, 9.17) is 25.0 Å². The van der Waals surface area contributed by atoms with Crippen LogP contribution in [0.5, 0.6) is 0 Å². The number of rotatable bonds is 13. The molecule has 11 nitrogen and oxygen atoms in total. The molecule has 0 bridgehead atoms. The Bertz CT molecular complexity index is 2160. The Hall–Kier alpha value is -2.38. The number of esters is 2. The van der Waals surface area contributed by atoms with E-state index in [2.05, 4.69) is 105 Å². The van der Waals surface area contributed by atoms with Gasteiger partial charge in [-0.2, -0.15) is 0 Å². The molecule has 66 heavy (non-hydrogen) atoms. The van der Waals surface area contributed by atoms with E-state index >= 15 is 0 Å². The molecule has 0 heterocycles. The van der Waals surface area contributed by atoms with Crippen molar-refractivity contribution in [2.24, 2.45) is 0 Å². The topological polar surface area (TPSA) is 198 Å². The van der Waals surface area contributed by atoms with Gasteiger partial charge in [-0.25, -0.2) is 0 Å². The summed E-state index contributed by atoms with van der Waals surface area (Å²) in [5, 5.41) is 34.1. The summed E-state index contributed by atoms with van der Waals surface area (Å²) in [5.41, 5.74) is 9.50. The van der Waals surface area contributed by atoms with Crippen LogP contribution in [0.25, 0.3) is 0 Å². The fourth-order valence-electron chi connectivity index (χ4n) is 7.29. The van der Waals surface area contributed by atoms with Crippen molar-refractivity contribution in [3.63, 3.8) is 0 Å². The number of carboxylic acids is 2. The molecule has 5 aliphatic carbocycles. The van der Waals surface area contributed by atoms with Crippen molar-refractivity contribution in [3.05, 3.63) is 135 Å². The number of ether oxygens (including phenoxy) is 2. The van der Waals surface area contributed by atoms with Gasteiger partial charge in [0.2, 0.25) is 0 Å². The molecule has 5 saturated carbocycles. The van der Waals surface area contributed by atoms with Crippen molar-refractivity contribution < 1.29 is 83.9 Å². The molecule has 5 N–H and O–H groups in total. The second-order valence-corrected chi connectivity index (χ2v) is 20.1. The molecule has 17 heteroatoms. The van der Waals surface area contributed by atoms with Crippen molar-refractivity contribution in [2.75, 3.05) is 14.2 Å². The Morgan fingerprint density at radius 2 is 0.742 bits per heavy atom. The van der Waals surface area contributed by atoms with Gasteiger partial charge in [0, 0.05) is 17.9 Å². The predicted molar refractivity (Wildman–Crippen MR) is 264 cm³/mol. The maximum absolute atomic E-state index is 11.5. The molecule has 0 unspecified atom stereocenters. The quantitative estimate of drug-likeness (QED) is 0.0741. The number of carboxylic acid groups (broad SMARTS) is 2. The van der Waals surface area contributed by atoms with Crippen LogP contribution in [0.15, 0.2) is 90.7 Å². The molecule has 350 valence electrons. The molecule has 5 aliphatic rings. The first-order valence-corrected chi connectivity index (χ1v) is 24.8. The Kier molecular flexibility index (Phi) is 24.9. The molecule has 0 amide bonds. The monoisotopic (exact) mass is 1170 g/mol. The molecule has 9 rings (SSSR count). The zero-order chi connectivity index (χ0) is 46.5. The Morgan fingerprint density at radius 1 is 0.485 bits per heavy atom. The number of benzene rings is 4. The van der Waals surface area contributed by atoms with Gasteiger partial charge in [0.15, 0.2) is 0 Å². The summed E-state index contributed by atoms with van der Waals surface area (Å²) in [6.45, 7) is 0. The van der Waals surface area contributed by atoms with Crippen LogP contribution in [0.4, 0.5) is 0 Å². The number of hydrogen-bond donors (Lipinski definition) is 4. The van der Waals surface area contributed by atoms with E-state index in [1.54, 1.807) is 0 Å². The van der Waals surface area contributed by atoms with Gasteiger partial charge < -0.3 is 35.2 Å². The first-order chi connectivity index (χ1) is 30.6. The van der Waals surface area contributed by atoms with Crippen LogP contribution in [0.3, 0.4) is 0 Å². The first-order valence-electron chi connectivity index (χ1n) is 21.6. The van der Waals surface area contributed by atoms with Crippen LogP contribution in [-0.4, -0.2) is 71.0 Å². The molecular formula is C49H56BBr4NaO11. The molecule has 0 atom stereocenters. The number of methoxy groups -OCH3 is 2. The molecule has 0 radical (unpaired) electrons. The number of carbonyl (C=O) groups excluding carboxylic acids is 2. The molecule has 4 aromatic carbocycles. The average molecular weight is 1170 g/mol. The Balaban J connectivity index is 0.000000224. The third-order valence-corrected chi connectivity index (χ3v) is 14.5. The molecule has 0 aromatic heterocycles. The maximum Gasteiger partial charge on any atom is 1.00 e. The van der Waals surface area contributed by atoms with E-state index in [1.807, 2.05) is 36.4 Å². The minimum absolute atomic E-state index is 0. The summed E-state index contributed by atoms with van der Waals surface area (Å²) in [6, 6.07) is 24.1. The van der Waals surface area contributed by atoms with Gasteiger partial charge in [0.25, 0.3) is 0 Å². The van der Waals surface area contributed by atoms with Gasteiger partial charge in [0.1, 0.15) is 0 Å². The van der Waals surface area contributed by atoms with E-state index in [0.717, 1.165) is 47.4 Å². The Labute approximate surface area is 443 Å².